The first-order valence-corrected chi connectivity index (χ1v) is 6.34. The lowest BCUT2D eigenvalue weighted by Gasteiger charge is -2.33. The number of likely N-dealkylation sites (tertiary alicyclic amines) is 1. The Kier molecular flexibility index (Phi) is 3.82. The summed E-state index contributed by atoms with van der Waals surface area (Å²) < 4.78 is 5.25. The van der Waals surface area contributed by atoms with Gasteiger partial charge in [-0.2, -0.15) is 0 Å². The van der Waals surface area contributed by atoms with Gasteiger partial charge in [-0.05, 0) is 18.8 Å². The second-order valence-electron chi connectivity index (χ2n) is 4.98. The summed E-state index contributed by atoms with van der Waals surface area (Å²) in [7, 11) is 0. The molecule has 0 aromatic carbocycles. The van der Waals surface area contributed by atoms with Gasteiger partial charge in [0.1, 0.15) is 0 Å². The Morgan fingerprint density at radius 3 is 2.56 bits per heavy atom. The Morgan fingerprint density at radius 2 is 2.06 bits per heavy atom. The fraction of sp³-hybridized carbons (Fsp3) is 0.917. The first kappa shape index (κ1) is 11.9. The summed E-state index contributed by atoms with van der Waals surface area (Å²) in [5.41, 5.74) is 5.87. The fourth-order valence-corrected chi connectivity index (χ4v) is 2.62. The molecule has 1 amide bonds. The highest BCUT2D eigenvalue weighted by Crippen LogP contribution is 2.23. The molecular weight excluding hydrogens is 204 g/mol. The van der Waals surface area contributed by atoms with Gasteiger partial charge in [0, 0.05) is 19.1 Å². The van der Waals surface area contributed by atoms with Gasteiger partial charge in [0.25, 0.3) is 0 Å². The van der Waals surface area contributed by atoms with Crippen LogP contribution in [-0.4, -0.2) is 43.2 Å². The molecule has 2 unspecified atom stereocenters. The van der Waals surface area contributed by atoms with Crippen molar-refractivity contribution in [2.24, 2.45) is 17.6 Å². The monoisotopic (exact) mass is 226 g/mol. The number of hydrogen-bond acceptors (Lipinski definition) is 3. The number of nitrogens with zero attached hydrogens (tertiary/aromatic N) is 1. The van der Waals surface area contributed by atoms with Crippen molar-refractivity contribution >= 4 is 5.91 Å². The second kappa shape index (κ2) is 5.15. The third-order valence-corrected chi connectivity index (χ3v) is 3.95. The average molecular weight is 226 g/mol. The summed E-state index contributed by atoms with van der Waals surface area (Å²) in [4.78, 5) is 14.1. The van der Waals surface area contributed by atoms with E-state index in [0.29, 0.717) is 13.2 Å². The number of carbonyl (C=O) groups is 1. The third-order valence-electron chi connectivity index (χ3n) is 3.95. The van der Waals surface area contributed by atoms with Crippen LogP contribution in [0, 0.1) is 11.8 Å². The van der Waals surface area contributed by atoms with Gasteiger partial charge in [0.05, 0.1) is 19.1 Å². The highest BCUT2D eigenvalue weighted by Gasteiger charge is 2.35. The number of ether oxygens (including phenoxy) is 1. The zero-order chi connectivity index (χ0) is 11.5. The minimum atomic E-state index is -0.101. The molecule has 2 saturated heterocycles. The topological polar surface area (TPSA) is 55.6 Å². The lowest BCUT2D eigenvalue weighted by atomic mass is 9.93. The van der Waals surface area contributed by atoms with E-state index in [0.717, 1.165) is 31.8 Å². The second-order valence-corrected chi connectivity index (χ2v) is 4.98. The molecule has 2 fully saturated rings. The van der Waals surface area contributed by atoms with E-state index >= 15 is 0 Å². The summed E-state index contributed by atoms with van der Waals surface area (Å²) in [6.07, 6.45) is 3.52. The summed E-state index contributed by atoms with van der Waals surface area (Å²) in [6, 6.07) is -0.101. The summed E-state index contributed by atoms with van der Waals surface area (Å²) in [5.74, 6) is 0.912. The maximum atomic E-state index is 12.2. The van der Waals surface area contributed by atoms with Crippen molar-refractivity contribution in [1.82, 2.24) is 4.90 Å². The van der Waals surface area contributed by atoms with E-state index in [2.05, 4.69) is 6.92 Å². The van der Waals surface area contributed by atoms with Gasteiger partial charge < -0.3 is 15.4 Å². The quantitative estimate of drug-likeness (QED) is 0.750. The number of piperidine rings is 1. The van der Waals surface area contributed by atoms with Crippen molar-refractivity contribution < 1.29 is 9.53 Å². The molecule has 92 valence electrons. The predicted octanol–water partition coefficient (Wildman–Crippen LogP) is 0.609. The Morgan fingerprint density at radius 1 is 1.38 bits per heavy atom. The highest BCUT2D eigenvalue weighted by molar-refractivity contribution is 5.80. The van der Waals surface area contributed by atoms with Crippen LogP contribution in [0.4, 0.5) is 0 Å². The van der Waals surface area contributed by atoms with Crippen LogP contribution in [-0.2, 0) is 9.53 Å². The van der Waals surface area contributed by atoms with Gasteiger partial charge in [-0.3, -0.25) is 4.79 Å². The van der Waals surface area contributed by atoms with E-state index in [1.165, 1.54) is 6.42 Å². The van der Waals surface area contributed by atoms with Crippen LogP contribution in [0.3, 0.4) is 0 Å². The largest absolute Gasteiger partial charge is 0.379 e. The minimum absolute atomic E-state index is 0.0989. The lowest BCUT2D eigenvalue weighted by Crippen LogP contribution is -2.46. The molecule has 0 radical (unpaired) electrons. The molecule has 4 nitrogen and oxygen atoms in total. The molecule has 2 N–H and O–H groups in total. The number of nitrogens with two attached hydrogens (primary N) is 1. The average Bonchev–Trinajstić information content (AvgIpc) is 2.75. The molecule has 0 saturated carbocycles. The van der Waals surface area contributed by atoms with Crippen LogP contribution >= 0.6 is 0 Å². The maximum absolute atomic E-state index is 12.2. The maximum Gasteiger partial charge on any atom is 0.229 e. The van der Waals surface area contributed by atoms with E-state index in [1.54, 1.807) is 0 Å². The van der Waals surface area contributed by atoms with Crippen molar-refractivity contribution in [3.05, 3.63) is 0 Å². The molecule has 2 rings (SSSR count). The Labute approximate surface area is 97.1 Å². The zero-order valence-corrected chi connectivity index (χ0v) is 10.0. The molecule has 2 aliphatic rings. The van der Waals surface area contributed by atoms with Gasteiger partial charge >= 0.3 is 0 Å². The Hall–Kier alpha value is -0.610. The Balaban J connectivity index is 1.86. The molecule has 2 heterocycles. The molecule has 2 atom stereocenters. The molecule has 2 aliphatic heterocycles. The highest BCUT2D eigenvalue weighted by atomic mass is 16.5. The molecular formula is C12H22N2O2. The standard InChI is InChI=1S/C12H22N2O2/c1-2-9-3-5-14(6-4-9)12(15)10-7-16-8-11(10)13/h9-11H,2-8,13H2,1H3. The molecule has 0 aromatic rings. The summed E-state index contributed by atoms with van der Waals surface area (Å²) >= 11 is 0. The van der Waals surface area contributed by atoms with Crippen molar-refractivity contribution in [2.45, 2.75) is 32.2 Å². The SMILES string of the molecule is CCC1CCN(C(=O)C2COCC2N)CC1. The van der Waals surface area contributed by atoms with Crippen molar-refractivity contribution in [3.63, 3.8) is 0 Å². The van der Waals surface area contributed by atoms with Crippen LogP contribution < -0.4 is 5.73 Å². The first-order valence-electron chi connectivity index (χ1n) is 6.34. The van der Waals surface area contributed by atoms with Crippen molar-refractivity contribution in [2.75, 3.05) is 26.3 Å². The van der Waals surface area contributed by atoms with Crippen LogP contribution in [0.2, 0.25) is 0 Å². The van der Waals surface area contributed by atoms with E-state index in [4.69, 9.17) is 10.5 Å². The van der Waals surface area contributed by atoms with E-state index in [-0.39, 0.29) is 17.9 Å². The predicted molar refractivity (Wildman–Crippen MR) is 61.9 cm³/mol. The van der Waals surface area contributed by atoms with E-state index in [1.807, 2.05) is 4.90 Å². The lowest BCUT2D eigenvalue weighted by molar-refractivity contribution is -0.137. The van der Waals surface area contributed by atoms with Crippen molar-refractivity contribution in [3.8, 4) is 0 Å². The molecule has 16 heavy (non-hydrogen) atoms. The number of carbonyl (C=O) groups excluding carboxylic acids is 1. The van der Waals surface area contributed by atoms with Gasteiger partial charge in [-0.15, -0.1) is 0 Å². The van der Waals surface area contributed by atoms with Crippen LogP contribution in [0.1, 0.15) is 26.2 Å². The van der Waals surface area contributed by atoms with Gasteiger partial charge in [-0.25, -0.2) is 0 Å². The minimum Gasteiger partial charge on any atom is -0.379 e. The van der Waals surface area contributed by atoms with Gasteiger partial charge in [-0.1, -0.05) is 13.3 Å². The molecule has 0 spiro atoms. The van der Waals surface area contributed by atoms with Crippen molar-refractivity contribution in [1.29, 1.82) is 0 Å². The van der Waals surface area contributed by atoms with Gasteiger partial charge in [0.15, 0.2) is 0 Å². The van der Waals surface area contributed by atoms with Crippen LogP contribution in [0.5, 0.6) is 0 Å². The summed E-state index contributed by atoms with van der Waals surface area (Å²) in [5, 5.41) is 0. The number of amides is 1. The molecule has 0 aromatic heterocycles. The fourth-order valence-electron chi connectivity index (χ4n) is 2.62. The third kappa shape index (κ3) is 2.38. The number of rotatable bonds is 2. The normalized spacial score (nSPS) is 32.0. The molecule has 4 heteroatoms. The van der Waals surface area contributed by atoms with Gasteiger partial charge in [0.2, 0.25) is 5.91 Å². The summed E-state index contributed by atoms with van der Waals surface area (Å²) in [6.45, 7) is 5.07. The van der Waals surface area contributed by atoms with Crippen LogP contribution in [0.25, 0.3) is 0 Å². The van der Waals surface area contributed by atoms with E-state index < -0.39 is 0 Å². The number of hydrogen-bond donors (Lipinski definition) is 1. The van der Waals surface area contributed by atoms with E-state index in [9.17, 15) is 4.79 Å². The van der Waals surface area contributed by atoms with Crippen LogP contribution in [0.15, 0.2) is 0 Å². The smallest absolute Gasteiger partial charge is 0.229 e. The molecule has 0 aliphatic carbocycles. The molecule has 0 bridgehead atoms. The zero-order valence-electron chi connectivity index (χ0n) is 10.0. The first-order chi connectivity index (χ1) is 7.72. The Bertz CT molecular complexity index is 249.